The van der Waals surface area contributed by atoms with E-state index < -0.39 is 0 Å². The van der Waals surface area contributed by atoms with Crippen LogP contribution in [0.3, 0.4) is 0 Å². The molecule has 0 saturated carbocycles. The summed E-state index contributed by atoms with van der Waals surface area (Å²) in [6.07, 6.45) is 0.429. The molecule has 2 aromatic rings. The van der Waals surface area contributed by atoms with Crippen LogP contribution in [0, 0.1) is 0 Å². The van der Waals surface area contributed by atoms with E-state index in [1.807, 2.05) is 30.3 Å². The number of hydrogen-bond donors (Lipinski definition) is 2. The van der Waals surface area contributed by atoms with Crippen LogP contribution in [-0.2, 0) is 11.3 Å². The number of ether oxygens (including phenoxy) is 1. The van der Waals surface area contributed by atoms with Gasteiger partial charge in [-0.3, -0.25) is 4.79 Å². The first-order valence-corrected chi connectivity index (χ1v) is 6.65. The molecule has 2 N–H and O–H groups in total. The fourth-order valence-electron chi connectivity index (χ4n) is 2.00. The second-order valence-corrected chi connectivity index (χ2v) is 4.56. The predicted octanol–water partition coefficient (Wildman–Crippen LogP) is 1.67. The van der Waals surface area contributed by atoms with Crippen molar-refractivity contribution in [3.05, 3.63) is 53.4 Å². The lowest BCUT2D eigenvalue weighted by molar-refractivity contribution is 0.0920. The Labute approximate surface area is 122 Å². The Morgan fingerprint density at radius 1 is 1.43 bits per heavy atom. The average Bonchev–Trinajstić information content (AvgIpc) is 2.97. The molecule has 1 unspecified atom stereocenters. The van der Waals surface area contributed by atoms with Gasteiger partial charge in [-0.2, -0.15) is 0 Å². The molecule has 1 aromatic heterocycles. The van der Waals surface area contributed by atoms with E-state index in [1.54, 1.807) is 6.07 Å². The number of carbonyl (C=O) groups is 1. The van der Waals surface area contributed by atoms with Gasteiger partial charge in [-0.1, -0.05) is 35.5 Å². The monoisotopic (exact) mass is 290 g/mol. The fourth-order valence-corrected chi connectivity index (χ4v) is 2.00. The summed E-state index contributed by atoms with van der Waals surface area (Å²) in [5.41, 5.74) is 1.13. The topological polar surface area (TPSA) is 84.6 Å². The highest BCUT2D eigenvalue weighted by atomic mass is 16.5. The molecule has 0 spiro atoms. The molecule has 21 heavy (non-hydrogen) atoms. The average molecular weight is 290 g/mol. The van der Waals surface area contributed by atoms with Crippen molar-refractivity contribution in [2.24, 2.45) is 0 Å². The zero-order chi connectivity index (χ0) is 15.1. The van der Waals surface area contributed by atoms with Crippen LogP contribution in [-0.4, -0.2) is 29.9 Å². The minimum absolute atomic E-state index is 0.0203. The highest BCUT2D eigenvalue weighted by Gasteiger charge is 2.18. The summed E-state index contributed by atoms with van der Waals surface area (Å²) in [5, 5.41) is 15.7. The Morgan fingerprint density at radius 3 is 2.86 bits per heavy atom. The molecule has 1 atom stereocenters. The molecule has 0 radical (unpaired) electrons. The SMILES string of the molecule is COCc1cc(C(=O)NC(CCO)c2ccccc2)no1. The summed E-state index contributed by atoms with van der Waals surface area (Å²) in [6, 6.07) is 10.7. The van der Waals surface area contributed by atoms with E-state index in [2.05, 4.69) is 10.5 Å². The number of aliphatic hydroxyl groups is 1. The van der Waals surface area contributed by atoms with Crippen molar-refractivity contribution in [2.75, 3.05) is 13.7 Å². The number of aromatic nitrogens is 1. The first kappa shape index (κ1) is 15.2. The van der Waals surface area contributed by atoms with Gasteiger partial charge in [0.15, 0.2) is 11.5 Å². The largest absolute Gasteiger partial charge is 0.396 e. The quantitative estimate of drug-likeness (QED) is 0.810. The van der Waals surface area contributed by atoms with Crippen molar-refractivity contribution >= 4 is 5.91 Å². The van der Waals surface area contributed by atoms with Crippen molar-refractivity contribution in [1.82, 2.24) is 10.5 Å². The van der Waals surface area contributed by atoms with E-state index >= 15 is 0 Å². The molecule has 1 heterocycles. The number of rotatable bonds is 7. The smallest absolute Gasteiger partial charge is 0.273 e. The van der Waals surface area contributed by atoms with Crippen LogP contribution >= 0.6 is 0 Å². The van der Waals surface area contributed by atoms with Gasteiger partial charge in [-0.15, -0.1) is 0 Å². The van der Waals surface area contributed by atoms with E-state index in [4.69, 9.17) is 14.4 Å². The van der Waals surface area contributed by atoms with E-state index in [0.29, 0.717) is 12.2 Å². The normalized spacial score (nSPS) is 12.1. The molecular weight excluding hydrogens is 272 g/mol. The van der Waals surface area contributed by atoms with Crippen LogP contribution in [0.15, 0.2) is 40.9 Å². The van der Waals surface area contributed by atoms with Crippen LogP contribution < -0.4 is 5.32 Å². The third-order valence-corrected chi connectivity index (χ3v) is 3.00. The van der Waals surface area contributed by atoms with Crippen LogP contribution in [0.25, 0.3) is 0 Å². The van der Waals surface area contributed by atoms with Gasteiger partial charge in [-0.25, -0.2) is 0 Å². The molecule has 1 amide bonds. The van der Waals surface area contributed by atoms with Gasteiger partial charge in [0.1, 0.15) is 6.61 Å². The molecular formula is C15H18N2O4. The number of amides is 1. The molecule has 0 fully saturated rings. The van der Waals surface area contributed by atoms with Gasteiger partial charge in [0.2, 0.25) is 0 Å². The van der Waals surface area contributed by atoms with Crippen LogP contribution in [0.1, 0.15) is 34.3 Å². The molecule has 0 aliphatic heterocycles. The summed E-state index contributed by atoms with van der Waals surface area (Å²) < 4.78 is 9.90. The molecule has 0 saturated heterocycles. The number of methoxy groups -OCH3 is 1. The molecule has 6 nitrogen and oxygen atoms in total. The summed E-state index contributed by atoms with van der Waals surface area (Å²) >= 11 is 0. The van der Waals surface area contributed by atoms with E-state index in [9.17, 15) is 4.79 Å². The maximum Gasteiger partial charge on any atom is 0.273 e. The van der Waals surface area contributed by atoms with Crippen molar-refractivity contribution < 1.29 is 19.2 Å². The van der Waals surface area contributed by atoms with Crippen molar-refractivity contribution in [3.63, 3.8) is 0 Å². The van der Waals surface area contributed by atoms with Gasteiger partial charge < -0.3 is 19.7 Å². The predicted molar refractivity (Wildman–Crippen MR) is 75.6 cm³/mol. The van der Waals surface area contributed by atoms with Crippen LogP contribution in [0.2, 0.25) is 0 Å². The summed E-state index contributed by atoms with van der Waals surface area (Å²) in [4.78, 5) is 12.2. The van der Waals surface area contributed by atoms with Gasteiger partial charge in [0.25, 0.3) is 5.91 Å². The van der Waals surface area contributed by atoms with Gasteiger partial charge in [0, 0.05) is 19.8 Å². The highest BCUT2D eigenvalue weighted by molar-refractivity contribution is 5.92. The Kier molecular flexibility index (Phi) is 5.48. The van der Waals surface area contributed by atoms with E-state index in [1.165, 1.54) is 7.11 Å². The molecule has 0 bridgehead atoms. The molecule has 112 valence electrons. The second-order valence-electron chi connectivity index (χ2n) is 4.56. The van der Waals surface area contributed by atoms with Crippen molar-refractivity contribution in [1.29, 1.82) is 0 Å². The molecule has 0 aliphatic carbocycles. The van der Waals surface area contributed by atoms with E-state index in [-0.39, 0.29) is 30.9 Å². The van der Waals surface area contributed by atoms with Crippen LogP contribution in [0.4, 0.5) is 0 Å². The molecule has 1 aromatic carbocycles. The highest BCUT2D eigenvalue weighted by Crippen LogP contribution is 2.17. The Bertz CT molecular complexity index is 568. The minimum atomic E-state index is -0.344. The summed E-state index contributed by atoms with van der Waals surface area (Å²) in [6.45, 7) is 0.243. The van der Waals surface area contributed by atoms with E-state index in [0.717, 1.165) is 5.56 Å². The number of nitrogens with zero attached hydrogens (tertiary/aromatic N) is 1. The third-order valence-electron chi connectivity index (χ3n) is 3.00. The number of aliphatic hydroxyl groups excluding tert-OH is 1. The Morgan fingerprint density at radius 2 is 2.19 bits per heavy atom. The zero-order valence-corrected chi connectivity index (χ0v) is 11.8. The van der Waals surface area contributed by atoms with Gasteiger partial charge in [0.05, 0.1) is 6.04 Å². The molecule has 6 heteroatoms. The number of hydrogen-bond acceptors (Lipinski definition) is 5. The lowest BCUT2D eigenvalue weighted by Crippen LogP contribution is -2.29. The third kappa shape index (κ3) is 4.14. The Hall–Kier alpha value is -2.18. The van der Waals surface area contributed by atoms with Crippen molar-refractivity contribution in [2.45, 2.75) is 19.1 Å². The summed E-state index contributed by atoms with van der Waals surface area (Å²) in [7, 11) is 1.54. The molecule has 0 aliphatic rings. The summed E-state index contributed by atoms with van der Waals surface area (Å²) in [5.74, 6) is 0.143. The lowest BCUT2D eigenvalue weighted by atomic mass is 10.0. The maximum atomic E-state index is 12.2. The Balaban J connectivity index is 2.07. The maximum absolute atomic E-state index is 12.2. The number of benzene rings is 1. The second kappa shape index (κ2) is 7.56. The van der Waals surface area contributed by atoms with Gasteiger partial charge >= 0.3 is 0 Å². The molecule has 2 rings (SSSR count). The number of nitrogens with one attached hydrogen (secondary N) is 1. The standard InChI is InChI=1S/C15H18N2O4/c1-20-10-12-9-14(17-21-12)15(19)16-13(7-8-18)11-5-3-2-4-6-11/h2-6,9,13,18H,7-8,10H2,1H3,(H,16,19). The fraction of sp³-hybridized carbons (Fsp3) is 0.333. The van der Waals surface area contributed by atoms with Crippen LogP contribution in [0.5, 0.6) is 0 Å². The first-order chi connectivity index (χ1) is 10.2. The van der Waals surface area contributed by atoms with Crippen molar-refractivity contribution in [3.8, 4) is 0 Å². The minimum Gasteiger partial charge on any atom is -0.396 e. The van der Waals surface area contributed by atoms with Gasteiger partial charge in [-0.05, 0) is 12.0 Å². The lowest BCUT2D eigenvalue weighted by Gasteiger charge is -2.17. The first-order valence-electron chi connectivity index (χ1n) is 6.65. The zero-order valence-electron chi connectivity index (χ0n) is 11.8. The number of carbonyl (C=O) groups excluding carboxylic acids is 1.